The van der Waals surface area contributed by atoms with Crippen molar-refractivity contribution in [2.45, 2.75) is 25.8 Å². The Morgan fingerprint density at radius 3 is 2.49 bits per heavy atom. The van der Waals surface area contributed by atoms with E-state index in [-0.39, 0.29) is 11.1 Å². The SMILES string of the molecule is C=CCOc1ccc(C2(CC)C(C(=O)O)=C(C)N=c3s/c(=C\c4ccc(N5CCOCC5)cc4)c(=O)n32)cc1. The van der Waals surface area contributed by atoms with Crippen molar-refractivity contribution in [2.24, 2.45) is 4.99 Å². The molecule has 1 fully saturated rings. The van der Waals surface area contributed by atoms with Crippen LogP contribution >= 0.6 is 11.3 Å². The van der Waals surface area contributed by atoms with Crippen LogP contribution in [0.25, 0.3) is 6.08 Å². The van der Waals surface area contributed by atoms with Crippen molar-refractivity contribution in [2.75, 3.05) is 37.8 Å². The molecule has 0 saturated carbocycles. The van der Waals surface area contributed by atoms with E-state index in [0.717, 1.165) is 24.3 Å². The van der Waals surface area contributed by atoms with E-state index in [9.17, 15) is 14.7 Å². The molecule has 0 radical (unpaired) electrons. The molecule has 1 unspecified atom stereocenters. The van der Waals surface area contributed by atoms with Gasteiger partial charge in [0.1, 0.15) is 17.9 Å². The Morgan fingerprint density at radius 1 is 1.18 bits per heavy atom. The van der Waals surface area contributed by atoms with E-state index >= 15 is 0 Å². The number of hydrogen-bond donors (Lipinski definition) is 1. The summed E-state index contributed by atoms with van der Waals surface area (Å²) < 4.78 is 13.1. The van der Waals surface area contributed by atoms with Gasteiger partial charge in [0.05, 0.1) is 29.0 Å². The van der Waals surface area contributed by atoms with Crippen molar-refractivity contribution in [1.82, 2.24) is 4.57 Å². The summed E-state index contributed by atoms with van der Waals surface area (Å²) >= 11 is 1.27. The van der Waals surface area contributed by atoms with Crippen LogP contribution in [0.1, 0.15) is 31.4 Å². The maximum atomic E-state index is 14.0. The lowest BCUT2D eigenvalue weighted by Crippen LogP contribution is -2.52. The molecule has 0 spiro atoms. The van der Waals surface area contributed by atoms with Crippen LogP contribution in [0.4, 0.5) is 5.69 Å². The predicted molar refractivity (Wildman–Crippen MR) is 152 cm³/mol. The largest absolute Gasteiger partial charge is 0.490 e. The fourth-order valence-corrected chi connectivity index (χ4v) is 6.46. The van der Waals surface area contributed by atoms with Gasteiger partial charge < -0.3 is 19.5 Å². The fourth-order valence-electron chi connectivity index (χ4n) is 5.38. The number of hydrogen-bond acceptors (Lipinski definition) is 7. The van der Waals surface area contributed by atoms with E-state index in [1.807, 2.05) is 49.4 Å². The van der Waals surface area contributed by atoms with Gasteiger partial charge in [0.15, 0.2) is 4.80 Å². The molecule has 0 aliphatic carbocycles. The molecule has 0 bridgehead atoms. The van der Waals surface area contributed by atoms with Crippen molar-refractivity contribution in [3.63, 3.8) is 0 Å². The molecule has 202 valence electrons. The Morgan fingerprint density at radius 2 is 1.87 bits per heavy atom. The second-order valence-electron chi connectivity index (χ2n) is 9.44. The van der Waals surface area contributed by atoms with Crippen molar-refractivity contribution >= 4 is 29.1 Å². The Kier molecular flexibility index (Phi) is 7.54. The Bertz CT molecular complexity index is 1600. The van der Waals surface area contributed by atoms with Crippen LogP contribution in [0, 0.1) is 0 Å². The quantitative estimate of drug-likeness (QED) is 0.437. The van der Waals surface area contributed by atoms with Crippen molar-refractivity contribution in [3.05, 3.63) is 103 Å². The summed E-state index contributed by atoms with van der Waals surface area (Å²) in [6.07, 6.45) is 3.86. The molecular weight excluding hydrogens is 514 g/mol. The smallest absolute Gasteiger partial charge is 0.336 e. The third-order valence-electron chi connectivity index (χ3n) is 7.22. The predicted octanol–water partition coefficient (Wildman–Crippen LogP) is 3.29. The van der Waals surface area contributed by atoms with Crippen LogP contribution in [0.3, 0.4) is 0 Å². The molecule has 3 heterocycles. The normalized spacial score (nSPS) is 19.4. The van der Waals surface area contributed by atoms with Crippen LogP contribution in [0.5, 0.6) is 5.75 Å². The van der Waals surface area contributed by atoms with E-state index in [0.29, 0.717) is 52.6 Å². The van der Waals surface area contributed by atoms with E-state index in [4.69, 9.17) is 9.47 Å². The summed E-state index contributed by atoms with van der Waals surface area (Å²) in [6.45, 7) is 10.7. The number of morpholine rings is 1. The van der Waals surface area contributed by atoms with E-state index in [2.05, 4.69) is 16.5 Å². The fraction of sp³-hybridized carbons (Fsp3) is 0.300. The van der Waals surface area contributed by atoms with Gasteiger partial charge in [0.25, 0.3) is 5.56 Å². The molecule has 2 aliphatic heterocycles. The van der Waals surface area contributed by atoms with Gasteiger partial charge >= 0.3 is 5.97 Å². The number of thiazole rings is 1. The molecule has 0 amide bonds. The van der Waals surface area contributed by atoms with Crippen LogP contribution < -0.4 is 24.5 Å². The molecule has 9 heteroatoms. The van der Waals surface area contributed by atoms with Crippen LogP contribution in [-0.2, 0) is 15.1 Å². The summed E-state index contributed by atoms with van der Waals surface area (Å²) in [6, 6.07) is 15.3. The monoisotopic (exact) mass is 545 g/mol. The maximum absolute atomic E-state index is 14.0. The minimum absolute atomic E-state index is 0.0959. The first-order valence-corrected chi connectivity index (χ1v) is 13.7. The number of aliphatic carboxylic acids is 1. The van der Waals surface area contributed by atoms with Gasteiger partial charge in [0.2, 0.25) is 0 Å². The molecule has 3 aromatic rings. The highest BCUT2D eigenvalue weighted by Crippen LogP contribution is 2.40. The highest BCUT2D eigenvalue weighted by molar-refractivity contribution is 7.07. The number of fused-ring (bicyclic) bond motifs is 1. The number of carboxylic acids is 1. The highest BCUT2D eigenvalue weighted by Gasteiger charge is 2.45. The summed E-state index contributed by atoms with van der Waals surface area (Å²) in [4.78, 5) is 33.9. The van der Waals surface area contributed by atoms with Gasteiger partial charge in [-0.25, -0.2) is 9.79 Å². The minimum atomic E-state index is -1.22. The number of carbonyl (C=O) groups is 1. The lowest BCUT2D eigenvalue weighted by molar-refractivity contribution is -0.133. The zero-order valence-electron chi connectivity index (χ0n) is 22.1. The number of allylic oxidation sites excluding steroid dienone is 1. The molecule has 1 saturated heterocycles. The number of rotatable bonds is 8. The van der Waals surface area contributed by atoms with Crippen molar-refractivity contribution in [1.29, 1.82) is 0 Å². The third-order valence-corrected chi connectivity index (χ3v) is 8.19. The number of anilines is 1. The molecule has 1 atom stereocenters. The van der Waals surface area contributed by atoms with E-state index < -0.39 is 11.5 Å². The number of ether oxygens (including phenoxy) is 2. The van der Waals surface area contributed by atoms with Crippen molar-refractivity contribution < 1.29 is 19.4 Å². The average molecular weight is 546 g/mol. The van der Waals surface area contributed by atoms with Crippen molar-refractivity contribution in [3.8, 4) is 5.75 Å². The third kappa shape index (κ3) is 4.84. The van der Waals surface area contributed by atoms with Crippen LogP contribution in [-0.4, -0.2) is 48.6 Å². The molecule has 1 aromatic heterocycles. The summed E-state index contributed by atoms with van der Waals surface area (Å²) in [5.74, 6) is -0.464. The first kappa shape index (κ1) is 26.6. The van der Waals surface area contributed by atoms with Crippen LogP contribution in [0.2, 0.25) is 0 Å². The molecule has 2 aliphatic rings. The molecule has 8 nitrogen and oxygen atoms in total. The van der Waals surface area contributed by atoms with E-state index in [1.165, 1.54) is 11.3 Å². The number of carboxylic acid groups (broad SMARTS) is 1. The zero-order chi connectivity index (χ0) is 27.6. The topological polar surface area (TPSA) is 93.4 Å². The molecule has 2 aromatic carbocycles. The summed E-state index contributed by atoms with van der Waals surface area (Å²) in [5, 5.41) is 10.3. The van der Waals surface area contributed by atoms with Crippen LogP contribution in [0.15, 0.2) is 82.2 Å². The Labute approximate surface area is 230 Å². The second kappa shape index (κ2) is 11.0. The first-order valence-electron chi connectivity index (χ1n) is 12.9. The van der Waals surface area contributed by atoms with E-state index in [1.54, 1.807) is 29.7 Å². The number of nitrogens with zero attached hydrogens (tertiary/aromatic N) is 3. The Balaban J connectivity index is 1.62. The average Bonchev–Trinajstić information content (AvgIpc) is 3.26. The van der Waals surface area contributed by atoms with Gasteiger partial charge in [-0.2, -0.15) is 0 Å². The van der Waals surface area contributed by atoms with Gasteiger partial charge in [-0.15, -0.1) is 0 Å². The molecule has 1 N–H and O–H groups in total. The minimum Gasteiger partial charge on any atom is -0.490 e. The number of benzene rings is 2. The van der Waals surface area contributed by atoms with Gasteiger partial charge in [-0.3, -0.25) is 9.36 Å². The maximum Gasteiger partial charge on any atom is 0.336 e. The molecular formula is C30H31N3O5S. The van der Waals surface area contributed by atoms with Gasteiger partial charge in [0, 0.05) is 18.8 Å². The lowest BCUT2D eigenvalue weighted by atomic mass is 9.78. The highest BCUT2D eigenvalue weighted by atomic mass is 32.1. The second-order valence-corrected chi connectivity index (χ2v) is 10.4. The summed E-state index contributed by atoms with van der Waals surface area (Å²) in [7, 11) is 0. The molecule has 39 heavy (non-hydrogen) atoms. The van der Waals surface area contributed by atoms with Gasteiger partial charge in [-0.05, 0) is 54.8 Å². The zero-order valence-corrected chi connectivity index (χ0v) is 22.9. The standard InChI is InChI=1S/C30H31N3O5S/c1-4-16-38-24-12-8-22(9-13-24)30(5-2)26(28(35)36)20(3)31-29-33(30)27(34)25(39-29)19-21-6-10-23(11-7-21)32-14-17-37-18-15-32/h4,6-13,19H,1,5,14-18H2,2-3H3,(H,35,36)/b25-19-. The first-order chi connectivity index (χ1) is 18.9. The lowest BCUT2D eigenvalue weighted by Gasteiger charge is -2.37. The van der Waals surface area contributed by atoms with Gasteiger partial charge in [-0.1, -0.05) is 55.2 Å². The molecule has 5 rings (SSSR count). The Hall–Kier alpha value is -3.95. The number of aromatic nitrogens is 1. The summed E-state index contributed by atoms with van der Waals surface area (Å²) in [5.41, 5.74) is 1.68.